The summed E-state index contributed by atoms with van der Waals surface area (Å²) in [5.74, 6) is -0.558. The highest BCUT2D eigenvalue weighted by Gasteiger charge is 2.06. The van der Waals surface area contributed by atoms with Crippen LogP contribution < -0.4 is 5.73 Å². The standard InChI is InChI=1S/C9H10NO3S/c1-14(12,13)8-4-2-7(3-5-8)6-9(10)11/h2-6H,1H3,(H2,10,11). The number of amides is 1. The quantitative estimate of drug-likeness (QED) is 0.773. The fourth-order valence-electron chi connectivity index (χ4n) is 0.976. The molecule has 5 heteroatoms. The topological polar surface area (TPSA) is 77.2 Å². The van der Waals surface area contributed by atoms with E-state index in [0.29, 0.717) is 5.56 Å². The van der Waals surface area contributed by atoms with Gasteiger partial charge in [0.2, 0.25) is 5.91 Å². The minimum absolute atomic E-state index is 0.221. The van der Waals surface area contributed by atoms with Crippen LogP contribution in [0.25, 0.3) is 0 Å². The predicted octanol–water partition coefficient (Wildman–Crippen LogP) is 0.128. The van der Waals surface area contributed by atoms with E-state index in [9.17, 15) is 13.2 Å². The Kier molecular flexibility index (Phi) is 2.90. The van der Waals surface area contributed by atoms with Gasteiger partial charge in [0, 0.05) is 6.26 Å². The van der Waals surface area contributed by atoms with E-state index in [1.165, 1.54) is 30.7 Å². The van der Waals surface area contributed by atoms with Crippen LogP contribution in [0, 0.1) is 6.42 Å². The maximum absolute atomic E-state index is 11.1. The first-order chi connectivity index (χ1) is 6.39. The summed E-state index contributed by atoms with van der Waals surface area (Å²) >= 11 is 0. The Morgan fingerprint density at radius 1 is 1.29 bits per heavy atom. The third kappa shape index (κ3) is 2.85. The molecule has 1 amide bonds. The van der Waals surface area contributed by atoms with Crippen molar-refractivity contribution < 1.29 is 13.2 Å². The number of hydrogen-bond donors (Lipinski definition) is 1. The van der Waals surface area contributed by atoms with Crippen molar-refractivity contribution in [3.63, 3.8) is 0 Å². The van der Waals surface area contributed by atoms with Crippen LogP contribution in [0.15, 0.2) is 29.2 Å². The number of sulfone groups is 1. The molecular weight excluding hydrogens is 202 g/mol. The lowest BCUT2D eigenvalue weighted by atomic mass is 10.1. The molecule has 0 heterocycles. The summed E-state index contributed by atoms with van der Waals surface area (Å²) in [6.45, 7) is 0. The molecule has 0 unspecified atom stereocenters. The molecule has 14 heavy (non-hydrogen) atoms. The lowest BCUT2D eigenvalue weighted by molar-refractivity contribution is -0.114. The first-order valence-electron chi connectivity index (χ1n) is 3.84. The summed E-state index contributed by atoms with van der Waals surface area (Å²) in [6, 6.07) is 5.93. The molecule has 0 fully saturated rings. The van der Waals surface area contributed by atoms with Crippen LogP contribution in [0.3, 0.4) is 0 Å². The van der Waals surface area contributed by atoms with Gasteiger partial charge in [-0.15, -0.1) is 0 Å². The average Bonchev–Trinajstić information content (AvgIpc) is 2.02. The van der Waals surface area contributed by atoms with Crippen molar-refractivity contribution in [3.05, 3.63) is 36.2 Å². The number of nitrogens with two attached hydrogens (primary N) is 1. The smallest absolute Gasteiger partial charge is 0.226 e. The van der Waals surface area contributed by atoms with Gasteiger partial charge in [-0.05, 0) is 17.7 Å². The Balaban J connectivity index is 2.95. The summed E-state index contributed by atoms with van der Waals surface area (Å²) < 4.78 is 22.1. The zero-order chi connectivity index (χ0) is 10.8. The van der Waals surface area contributed by atoms with Gasteiger partial charge >= 0.3 is 0 Å². The third-order valence-corrected chi connectivity index (χ3v) is 2.75. The summed E-state index contributed by atoms with van der Waals surface area (Å²) in [4.78, 5) is 10.7. The van der Waals surface area contributed by atoms with Crippen molar-refractivity contribution in [2.24, 2.45) is 5.73 Å². The predicted molar refractivity (Wildman–Crippen MR) is 52.1 cm³/mol. The van der Waals surface area contributed by atoms with Gasteiger partial charge < -0.3 is 5.73 Å². The molecule has 0 aliphatic carbocycles. The number of benzene rings is 1. The van der Waals surface area contributed by atoms with Gasteiger partial charge in [0.1, 0.15) is 0 Å². The van der Waals surface area contributed by atoms with Crippen LogP contribution in [0.5, 0.6) is 0 Å². The fraction of sp³-hybridized carbons (Fsp3) is 0.111. The fourth-order valence-corrected chi connectivity index (χ4v) is 1.61. The van der Waals surface area contributed by atoms with Gasteiger partial charge in [0.25, 0.3) is 0 Å². The van der Waals surface area contributed by atoms with Crippen molar-refractivity contribution in [3.8, 4) is 0 Å². The van der Waals surface area contributed by atoms with Gasteiger partial charge in [0.05, 0.1) is 11.3 Å². The SMILES string of the molecule is CS(=O)(=O)c1ccc([CH]C(N)=O)cc1. The van der Waals surface area contributed by atoms with Gasteiger partial charge in [-0.25, -0.2) is 8.42 Å². The van der Waals surface area contributed by atoms with Gasteiger partial charge in [0.15, 0.2) is 9.84 Å². The molecule has 0 aliphatic rings. The maximum atomic E-state index is 11.1. The number of hydrogen-bond acceptors (Lipinski definition) is 3. The second-order valence-corrected chi connectivity index (χ2v) is 4.90. The second kappa shape index (κ2) is 3.79. The third-order valence-electron chi connectivity index (χ3n) is 1.62. The molecule has 0 aliphatic heterocycles. The monoisotopic (exact) mass is 212 g/mol. The van der Waals surface area contributed by atoms with E-state index >= 15 is 0 Å². The molecule has 0 bridgehead atoms. The highest BCUT2D eigenvalue weighted by atomic mass is 32.2. The molecule has 0 saturated heterocycles. The second-order valence-electron chi connectivity index (χ2n) is 2.89. The summed E-state index contributed by atoms with van der Waals surface area (Å²) in [7, 11) is -3.18. The number of carbonyl (C=O) groups is 1. The minimum atomic E-state index is -3.18. The van der Waals surface area contributed by atoms with Crippen LogP contribution in [0.4, 0.5) is 0 Å². The molecule has 0 atom stereocenters. The van der Waals surface area contributed by atoms with E-state index in [1.807, 2.05) is 0 Å². The van der Waals surface area contributed by atoms with Crippen molar-refractivity contribution in [1.82, 2.24) is 0 Å². The van der Waals surface area contributed by atoms with Crippen LogP contribution in [-0.4, -0.2) is 20.6 Å². The minimum Gasteiger partial charge on any atom is -0.369 e. The summed E-state index contributed by atoms with van der Waals surface area (Å²) in [5, 5.41) is 0. The zero-order valence-electron chi connectivity index (χ0n) is 7.60. The number of primary amides is 1. The van der Waals surface area contributed by atoms with Crippen molar-refractivity contribution in [1.29, 1.82) is 0 Å². The molecule has 1 aromatic rings. The molecule has 0 spiro atoms. The van der Waals surface area contributed by atoms with Gasteiger partial charge in [-0.2, -0.15) is 0 Å². The van der Waals surface area contributed by atoms with E-state index in [2.05, 4.69) is 0 Å². The molecule has 1 aromatic carbocycles. The highest BCUT2D eigenvalue weighted by molar-refractivity contribution is 7.90. The van der Waals surface area contributed by atoms with Crippen molar-refractivity contribution in [2.75, 3.05) is 6.26 Å². The first-order valence-corrected chi connectivity index (χ1v) is 5.73. The van der Waals surface area contributed by atoms with Crippen LogP contribution >= 0.6 is 0 Å². The average molecular weight is 212 g/mol. The van der Waals surface area contributed by atoms with E-state index in [4.69, 9.17) is 5.73 Å². The number of carbonyl (C=O) groups excluding carboxylic acids is 1. The number of rotatable bonds is 3. The van der Waals surface area contributed by atoms with Crippen LogP contribution in [0.1, 0.15) is 5.56 Å². The Bertz CT molecular complexity index is 434. The maximum Gasteiger partial charge on any atom is 0.226 e. The summed E-state index contributed by atoms with van der Waals surface area (Å²) in [6.07, 6.45) is 2.35. The molecular formula is C9H10NO3S. The van der Waals surface area contributed by atoms with Crippen LogP contribution in [0.2, 0.25) is 0 Å². The first kappa shape index (κ1) is 10.7. The van der Waals surface area contributed by atoms with Crippen LogP contribution in [-0.2, 0) is 14.6 Å². The molecule has 75 valence electrons. The molecule has 1 radical (unpaired) electrons. The molecule has 0 saturated carbocycles. The van der Waals surface area contributed by atoms with E-state index in [1.54, 1.807) is 0 Å². The zero-order valence-corrected chi connectivity index (χ0v) is 8.41. The molecule has 4 nitrogen and oxygen atoms in total. The van der Waals surface area contributed by atoms with Gasteiger partial charge in [-0.3, -0.25) is 4.79 Å². The lowest BCUT2D eigenvalue weighted by Crippen LogP contribution is -2.11. The van der Waals surface area contributed by atoms with E-state index < -0.39 is 15.7 Å². The van der Waals surface area contributed by atoms with Crippen molar-refractivity contribution in [2.45, 2.75) is 4.90 Å². The van der Waals surface area contributed by atoms with Gasteiger partial charge in [-0.1, -0.05) is 12.1 Å². The molecule has 2 N–H and O–H groups in total. The Morgan fingerprint density at radius 3 is 2.14 bits per heavy atom. The molecule has 0 aromatic heterocycles. The highest BCUT2D eigenvalue weighted by Crippen LogP contribution is 2.11. The largest absolute Gasteiger partial charge is 0.369 e. The van der Waals surface area contributed by atoms with Crippen molar-refractivity contribution >= 4 is 15.7 Å². The Hall–Kier alpha value is -1.36. The summed E-state index contributed by atoms with van der Waals surface area (Å²) in [5.41, 5.74) is 5.52. The Morgan fingerprint density at radius 2 is 1.79 bits per heavy atom. The normalized spacial score (nSPS) is 11.2. The Labute approximate surface area is 82.7 Å². The van der Waals surface area contributed by atoms with E-state index in [-0.39, 0.29) is 4.90 Å². The molecule has 1 rings (SSSR count). The van der Waals surface area contributed by atoms with E-state index in [0.717, 1.165) is 6.26 Å². The lowest BCUT2D eigenvalue weighted by Gasteiger charge is -1.99.